The topological polar surface area (TPSA) is 49.3 Å². The van der Waals surface area contributed by atoms with E-state index in [0.717, 1.165) is 13.0 Å². The maximum atomic E-state index is 10.9. The molecule has 3 heteroatoms. The molecule has 0 radical (unpaired) electrons. The molecule has 2 unspecified atom stereocenters. The fraction of sp³-hybridized carbons (Fsp3) is 0.917. The van der Waals surface area contributed by atoms with Gasteiger partial charge in [-0.15, -0.1) is 0 Å². The van der Waals surface area contributed by atoms with Crippen molar-refractivity contribution in [2.75, 3.05) is 6.54 Å². The first-order valence-electron chi connectivity index (χ1n) is 5.75. The van der Waals surface area contributed by atoms with Crippen molar-refractivity contribution in [3.8, 4) is 0 Å². The quantitative estimate of drug-likeness (QED) is 0.715. The maximum absolute atomic E-state index is 10.9. The molecule has 2 N–H and O–H groups in total. The Morgan fingerprint density at radius 3 is 2.27 bits per heavy atom. The predicted molar refractivity (Wildman–Crippen MR) is 63.0 cm³/mol. The highest BCUT2D eigenvalue weighted by Crippen LogP contribution is 2.24. The number of carboxylic acids is 1. The molecule has 2 atom stereocenters. The van der Waals surface area contributed by atoms with Crippen molar-refractivity contribution >= 4 is 5.97 Å². The summed E-state index contributed by atoms with van der Waals surface area (Å²) in [5.41, 5.74) is 0.224. The van der Waals surface area contributed by atoms with Crippen molar-refractivity contribution in [3.63, 3.8) is 0 Å². The highest BCUT2D eigenvalue weighted by atomic mass is 16.4. The van der Waals surface area contributed by atoms with Gasteiger partial charge in [0.2, 0.25) is 0 Å². The van der Waals surface area contributed by atoms with Crippen LogP contribution < -0.4 is 5.32 Å². The standard InChI is InChI=1S/C12H25NO2/c1-6-7-10(11(14)15)13-8-9(2)12(3,4)5/h9-10,13H,6-8H2,1-5H3,(H,14,15). The third-order valence-corrected chi connectivity index (χ3v) is 3.02. The van der Waals surface area contributed by atoms with E-state index in [2.05, 4.69) is 33.0 Å². The van der Waals surface area contributed by atoms with Gasteiger partial charge in [-0.3, -0.25) is 4.79 Å². The van der Waals surface area contributed by atoms with Crippen LogP contribution in [0.15, 0.2) is 0 Å². The first-order valence-corrected chi connectivity index (χ1v) is 5.75. The SMILES string of the molecule is CCCC(NCC(C)C(C)(C)C)C(=O)O. The molecule has 0 aliphatic rings. The molecule has 0 spiro atoms. The van der Waals surface area contributed by atoms with Gasteiger partial charge in [0.25, 0.3) is 0 Å². The molecule has 0 saturated carbocycles. The molecule has 0 amide bonds. The van der Waals surface area contributed by atoms with Gasteiger partial charge in [-0.25, -0.2) is 0 Å². The number of carboxylic acid groups (broad SMARTS) is 1. The second-order valence-electron chi connectivity index (χ2n) is 5.35. The zero-order valence-electron chi connectivity index (χ0n) is 10.6. The van der Waals surface area contributed by atoms with Gasteiger partial charge in [-0.05, 0) is 24.3 Å². The number of aliphatic carboxylic acids is 1. The van der Waals surface area contributed by atoms with E-state index in [1.807, 2.05) is 6.92 Å². The second-order valence-corrected chi connectivity index (χ2v) is 5.35. The molecule has 0 aromatic heterocycles. The van der Waals surface area contributed by atoms with Gasteiger partial charge in [0, 0.05) is 0 Å². The summed E-state index contributed by atoms with van der Waals surface area (Å²) in [6.07, 6.45) is 1.60. The average molecular weight is 215 g/mol. The summed E-state index contributed by atoms with van der Waals surface area (Å²) < 4.78 is 0. The molecular formula is C12H25NO2. The fourth-order valence-electron chi connectivity index (χ4n) is 1.23. The van der Waals surface area contributed by atoms with E-state index in [4.69, 9.17) is 5.11 Å². The Morgan fingerprint density at radius 1 is 1.40 bits per heavy atom. The Balaban J connectivity index is 4.05. The molecule has 0 aliphatic carbocycles. The van der Waals surface area contributed by atoms with Crippen molar-refractivity contribution in [3.05, 3.63) is 0 Å². The van der Waals surface area contributed by atoms with Crippen molar-refractivity contribution in [2.24, 2.45) is 11.3 Å². The zero-order valence-corrected chi connectivity index (χ0v) is 10.6. The van der Waals surface area contributed by atoms with Gasteiger partial charge in [-0.2, -0.15) is 0 Å². The summed E-state index contributed by atoms with van der Waals surface area (Å²) in [4.78, 5) is 10.9. The highest BCUT2D eigenvalue weighted by Gasteiger charge is 2.22. The molecule has 0 heterocycles. The molecule has 0 saturated heterocycles. The maximum Gasteiger partial charge on any atom is 0.320 e. The lowest BCUT2D eigenvalue weighted by molar-refractivity contribution is -0.139. The minimum Gasteiger partial charge on any atom is -0.480 e. The summed E-state index contributed by atoms with van der Waals surface area (Å²) in [6, 6.07) is -0.389. The Labute approximate surface area is 93.3 Å². The first-order chi connectivity index (χ1) is 6.79. The van der Waals surface area contributed by atoms with Gasteiger partial charge in [-0.1, -0.05) is 41.0 Å². The summed E-state index contributed by atoms with van der Waals surface area (Å²) >= 11 is 0. The van der Waals surface area contributed by atoms with Crippen LogP contribution in [0.25, 0.3) is 0 Å². The van der Waals surface area contributed by atoms with Crippen molar-refractivity contribution in [2.45, 2.75) is 53.5 Å². The monoisotopic (exact) mass is 215 g/mol. The van der Waals surface area contributed by atoms with Crippen molar-refractivity contribution in [1.82, 2.24) is 5.32 Å². The van der Waals surface area contributed by atoms with Crippen LogP contribution in [0.1, 0.15) is 47.5 Å². The van der Waals surface area contributed by atoms with E-state index >= 15 is 0 Å². The number of hydrogen-bond donors (Lipinski definition) is 2. The smallest absolute Gasteiger partial charge is 0.320 e. The van der Waals surface area contributed by atoms with Crippen LogP contribution in [-0.4, -0.2) is 23.7 Å². The Hall–Kier alpha value is -0.570. The molecule has 15 heavy (non-hydrogen) atoms. The molecule has 0 rings (SSSR count). The summed E-state index contributed by atoms with van der Waals surface area (Å²) in [5, 5.41) is 12.1. The van der Waals surface area contributed by atoms with Crippen LogP contribution in [0.3, 0.4) is 0 Å². The van der Waals surface area contributed by atoms with Crippen LogP contribution in [0.4, 0.5) is 0 Å². The highest BCUT2D eigenvalue weighted by molar-refractivity contribution is 5.73. The molecule has 0 aromatic carbocycles. The lowest BCUT2D eigenvalue weighted by atomic mass is 9.82. The van der Waals surface area contributed by atoms with Gasteiger partial charge in [0.1, 0.15) is 6.04 Å². The minimum atomic E-state index is -0.738. The van der Waals surface area contributed by atoms with E-state index in [9.17, 15) is 4.79 Å². The largest absolute Gasteiger partial charge is 0.480 e. The average Bonchev–Trinajstić information content (AvgIpc) is 2.09. The number of hydrogen-bond acceptors (Lipinski definition) is 2. The van der Waals surface area contributed by atoms with Gasteiger partial charge < -0.3 is 10.4 Å². The Morgan fingerprint density at radius 2 is 1.93 bits per heavy atom. The minimum absolute atomic E-state index is 0.224. The van der Waals surface area contributed by atoms with Crippen LogP contribution >= 0.6 is 0 Å². The summed E-state index contributed by atoms with van der Waals surface area (Å²) in [6.45, 7) is 11.4. The van der Waals surface area contributed by atoms with Gasteiger partial charge in [0.05, 0.1) is 0 Å². The molecule has 0 aliphatic heterocycles. The number of nitrogens with one attached hydrogen (secondary N) is 1. The molecule has 0 fully saturated rings. The first kappa shape index (κ1) is 14.4. The summed E-state index contributed by atoms with van der Waals surface area (Å²) in [5.74, 6) is -0.269. The second kappa shape index (κ2) is 6.11. The van der Waals surface area contributed by atoms with E-state index in [0.29, 0.717) is 12.3 Å². The lowest BCUT2D eigenvalue weighted by Gasteiger charge is -2.28. The fourth-order valence-corrected chi connectivity index (χ4v) is 1.23. The summed E-state index contributed by atoms with van der Waals surface area (Å²) in [7, 11) is 0. The molecule has 0 bridgehead atoms. The predicted octanol–water partition coefficient (Wildman–Crippen LogP) is 2.51. The molecule has 0 aromatic rings. The third-order valence-electron chi connectivity index (χ3n) is 3.02. The van der Waals surface area contributed by atoms with E-state index < -0.39 is 5.97 Å². The van der Waals surface area contributed by atoms with Crippen LogP contribution in [0, 0.1) is 11.3 Å². The third kappa shape index (κ3) is 5.78. The Bertz CT molecular complexity index is 196. The normalized spacial score (nSPS) is 16.1. The molecule has 3 nitrogen and oxygen atoms in total. The van der Waals surface area contributed by atoms with Crippen LogP contribution in [0.2, 0.25) is 0 Å². The van der Waals surface area contributed by atoms with Crippen molar-refractivity contribution < 1.29 is 9.90 Å². The van der Waals surface area contributed by atoms with Crippen LogP contribution in [0.5, 0.6) is 0 Å². The Kier molecular flexibility index (Phi) is 5.88. The van der Waals surface area contributed by atoms with Gasteiger partial charge >= 0.3 is 5.97 Å². The van der Waals surface area contributed by atoms with E-state index in [1.54, 1.807) is 0 Å². The van der Waals surface area contributed by atoms with E-state index in [-0.39, 0.29) is 11.5 Å². The zero-order chi connectivity index (χ0) is 12.1. The van der Waals surface area contributed by atoms with Crippen molar-refractivity contribution in [1.29, 1.82) is 0 Å². The van der Waals surface area contributed by atoms with Gasteiger partial charge in [0.15, 0.2) is 0 Å². The van der Waals surface area contributed by atoms with E-state index in [1.165, 1.54) is 0 Å². The molecule has 90 valence electrons. The van der Waals surface area contributed by atoms with Crippen LogP contribution in [-0.2, 0) is 4.79 Å². The molecular weight excluding hydrogens is 190 g/mol. The number of carbonyl (C=O) groups is 1. The lowest BCUT2D eigenvalue weighted by Crippen LogP contribution is -2.41. The number of rotatable bonds is 6.